The van der Waals surface area contributed by atoms with Crippen molar-refractivity contribution in [1.82, 2.24) is 9.97 Å². The molecule has 0 atom stereocenters. The average molecular weight is 457 g/mol. The first-order chi connectivity index (χ1) is 15.9. The molecule has 1 aromatic heterocycles. The van der Waals surface area contributed by atoms with Crippen LogP contribution in [0, 0.1) is 6.92 Å². The molecule has 1 fully saturated rings. The molecule has 10 heteroatoms. The number of carbonyl (C=O) groups excluding carboxylic acids is 2. The van der Waals surface area contributed by atoms with Gasteiger partial charge in [-0.2, -0.15) is 0 Å². The number of H-pyrrole nitrogens is 1. The van der Waals surface area contributed by atoms with Crippen LogP contribution in [0.4, 0.5) is 5.95 Å². The quantitative estimate of drug-likeness (QED) is 0.358. The Kier molecular flexibility index (Phi) is 8.20. The van der Waals surface area contributed by atoms with Gasteiger partial charge >= 0.3 is 11.9 Å². The number of hydrogen-bond donors (Lipinski definition) is 1. The number of anilines is 1. The largest absolute Gasteiger partial charge is 0.493 e. The van der Waals surface area contributed by atoms with Crippen molar-refractivity contribution in [1.29, 1.82) is 0 Å². The number of esters is 2. The summed E-state index contributed by atoms with van der Waals surface area (Å²) < 4.78 is 20.6. The molecule has 0 aliphatic carbocycles. The molecule has 176 valence electrons. The second-order valence-electron chi connectivity index (χ2n) is 7.29. The second kappa shape index (κ2) is 11.3. The van der Waals surface area contributed by atoms with Crippen LogP contribution in [0.3, 0.4) is 0 Å². The third-order valence-electron chi connectivity index (χ3n) is 5.12. The van der Waals surface area contributed by atoms with Crippen LogP contribution >= 0.6 is 0 Å². The Morgan fingerprint density at radius 2 is 1.97 bits per heavy atom. The Morgan fingerprint density at radius 3 is 2.64 bits per heavy atom. The fourth-order valence-corrected chi connectivity index (χ4v) is 3.32. The van der Waals surface area contributed by atoms with Gasteiger partial charge in [0.2, 0.25) is 5.95 Å². The first kappa shape index (κ1) is 24.0. The van der Waals surface area contributed by atoms with Crippen LogP contribution in [0.5, 0.6) is 11.5 Å². The zero-order chi connectivity index (χ0) is 23.8. The van der Waals surface area contributed by atoms with Crippen molar-refractivity contribution < 1.29 is 28.5 Å². The fourth-order valence-electron chi connectivity index (χ4n) is 3.32. The second-order valence-corrected chi connectivity index (χ2v) is 7.29. The lowest BCUT2D eigenvalue weighted by Crippen LogP contribution is -2.38. The molecular weight excluding hydrogens is 430 g/mol. The molecule has 1 aromatic carbocycles. The Bertz CT molecular complexity index is 1090. The lowest BCUT2D eigenvalue weighted by atomic mass is 10.1. The van der Waals surface area contributed by atoms with Crippen molar-refractivity contribution in [3.05, 3.63) is 51.4 Å². The Balaban J connectivity index is 1.63. The van der Waals surface area contributed by atoms with Crippen LogP contribution in [-0.2, 0) is 25.5 Å². The monoisotopic (exact) mass is 457 g/mol. The van der Waals surface area contributed by atoms with Crippen LogP contribution in [0.25, 0.3) is 6.08 Å². The summed E-state index contributed by atoms with van der Waals surface area (Å²) in [6.07, 6.45) is 3.02. The van der Waals surface area contributed by atoms with Crippen molar-refractivity contribution in [2.45, 2.75) is 19.8 Å². The summed E-state index contributed by atoms with van der Waals surface area (Å²) in [6.45, 7) is 4.24. The van der Waals surface area contributed by atoms with E-state index < -0.39 is 11.9 Å². The van der Waals surface area contributed by atoms with Gasteiger partial charge in [-0.15, -0.1) is 0 Å². The van der Waals surface area contributed by atoms with E-state index in [1.807, 2.05) is 4.90 Å². The molecule has 33 heavy (non-hydrogen) atoms. The van der Waals surface area contributed by atoms with E-state index in [4.69, 9.17) is 14.2 Å². The number of aromatic amines is 1. The molecule has 1 aliphatic heterocycles. The zero-order valence-corrected chi connectivity index (χ0v) is 18.9. The Hall–Kier alpha value is -3.66. The highest BCUT2D eigenvalue weighted by atomic mass is 16.6. The van der Waals surface area contributed by atoms with Gasteiger partial charge in [-0.3, -0.25) is 14.6 Å². The molecule has 1 N–H and O–H groups in total. The highest BCUT2D eigenvalue weighted by Gasteiger charge is 2.18. The lowest BCUT2D eigenvalue weighted by Gasteiger charge is -2.27. The molecule has 1 aliphatic rings. The molecule has 3 rings (SSSR count). The number of aromatic nitrogens is 2. The fraction of sp³-hybridized carbons (Fsp3) is 0.391. The van der Waals surface area contributed by atoms with Gasteiger partial charge in [0.05, 0.1) is 33.9 Å². The van der Waals surface area contributed by atoms with E-state index in [1.165, 1.54) is 20.3 Å². The molecular formula is C23H27N3O7. The molecule has 0 bridgehead atoms. The number of methoxy groups -OCH3 is 2. The predicted octanol–water partition coefficient (Wildman–Crippen LogP) is 1.65. The minimum absolute atomic E-state index is 0.00432. The molecule has 0 radical (unpaired) electrons. The van der Waals surface area contributed by atoms with Gasteiger partial charge in [-0.25, -0.2) is 9.78 Å². The van der Waals surface area contributed by atoms with Crippen molar-refractivity contribution >= 4 is 24.0 Å². The van der Waals surface area contributed by atoms with E-state index in [1.54, 1.807) is 31.2 Å². The maximum atomic E-state index is 12.6. The third kappa shape index (κ3) is 6.42. The van der Waals surface area contributed by atoms with Crippen molar-refractivity contribution in [3.63, 3.8) is 0 Å². The highest BCUT2D eigenvalue weighted by molar-refractivity contribution is 5.87. The number of nitrogens with one attached hydrogen (secondary N) is 1. The topological polar surface area (TPSA) is 120 Å². The number of morpholine rings is 1. The van der Waals surface area contributed by atoms with Gasteiger partial charge in [-0.1, -0.05) is 6.07 Å². The molecule has 2 aromatic rings. The van der Waals surface area contributed by atoms with Gasteiger partial charge in [0.15, 0.2) is 11.5 Å². The number of aryl methyl sites for hydroxylation is 1. The van der Waals surface area contributed by atoms with E-state index in [9.17, 15) is 14.4 Å². The molecule has 0 spiro atoms. The number of nitrogens with zero attached hydrogens (tertiary/aromatic N) is 2. The van der Waals surface area contributed by atoms with Gasteiger partial charge in [0.1, 0.15) is 0 Å². The van der Waals surface area contributed by atoms with Crippen LogP contribution in [0.15, 0.2) is 29.1 Å². The summed E-state index contributed by atoms with van der Waals surface area (Å²) in [5.74, 6) is 0.0905. The minimum Gasteiger partial charge on any atom is -0.493 e. The normalized spacial score (nSPS) is 13.7. The van der Waals surface area contributed by atoms with Gasteiger partial charge in [-0.05, 0) is 37.1 Å². The summed E-state index contributed by atoms with van der Waals surface area (Å²) in [5.41, 5.74) is 1.42. The Labute approximate surface area is 191 Å². The van der Waals surface area contributed by atoms with E-state index in [-0.39, 0.29) is 24.2 Å². The molecule has 0 unspecified atom stereocenters. The standard InChI is InChI=1S/C23H27N3O7/c1-15-17(22(29)25-23(24-15)26-10-12-32-13-11-26)6-9-21(28)33-18-7-4-16(14-19(18)30-2)5-8-20(27)31-3/h4-5,7-8,14H,6,9-13H2,1-3H3,(H,24,25,29)/b8-5+. The van der Waals surface area contributed by atoms with Crippen molar-refractivity contribution in [2.75, 3.05) is 45.4 Å². The number of carbonyl (C=O) groups is 2. The summed E-state index contributed by atoms with van der Waals surface area (Å²) in [4.78, 5) is 45.5. The SMILES string of the molecule is COC(=O)/C=C/c1ccc(OC(=O)CCc2c(C)nc(N3CCOCC3)[nH]c2=O)c(OC)c1. The highest BCUT2D eigenvalue weighted by Crippen LogP contribution is 2.29. The van der Waals surface area contributed by atoms with Crippen LogP contribution in [-0.4, -0.2) is 62.4 Å². The maximum Gasteiger partial charge on any atom is 0.330 e. The van der Waals surface area contributed by atoms with E-state index in [2.05, 4.69) is 14.7 Å². The molecule has 10 nitrogen and oxygen atoms in total. The van der Waals surface area contributed by atoms with Gasteiger partial charge in [0.25, 0.3) is 5.56 Å². The molecule has 0 amide bonds. The van der Waals surface area contributed by atoms with E-state index in [0.29, 0.717) is 54.8 Å². The zero-order valence-electron chi connectivity index (χ0n) is 18.9. The summed E-state index contributed by atoms with van der Waals surface area (Å²) in [6, 6.07) is 4.88. The number of ether oxygens (including phenoxy) is 4. The van der Waals surface area contributed by atoms with E-state index >= 15 is 0 Å². The first-order valence-electron chi connectivity index (χ1n) is 10.5. The first-order valence-corrected chi connectivity index (χ1v) is 10.5. The van der Waals surface area contributed by atoms with Crippen LogP contribution in [0.1, 0.15) is 23.2 Å². The molecule has 0 saturated carbocycles. The van der Waals surface area contributed by atoms with E-state index in [0.717, 1.165) is 0 Å². The molecule has 1 saturated heterocycles. The summed E-state index contributed by atoms with van der Waals surface area (Å²) >= 11 is 0. The summed E-state index contributed by atoms with van der Waals surface area (Å²) in [7, 11) is 2.74. The van der Waals surface area contributed by atoms with Crippen molar-refractivity contribution in [3.8, 4) is 11.5 Å². The van der Waals surface area contributed by atoms with Crippen LogP contribution in [0.2, 0.25) is 0 Å². The van der Waals surface area contributed by atoms with Crippen molar-refractivity contribution in [2.24, 2.45) is 0 Å². The van der Waals surface area contributed by atoms with Gasteiger partial charge in [0, 0.05) is 30.4 Å². The van der Waals surface area contributed by atoms with Gasteiger partial charge < -0.3 is 23.8 Å². The number of benzene rings is 1. The number of rotatable bonds is 8. The minimum atomic E-state index is -0.512. The average Bonchev–Trinajstić information content (AvgIpc) is 2.83. The maximum absolute atomic E-state index is 12.6. The third-order valence-corrected chi connectivity index (χ3v) is 5.12. The molecule has 2 heterocycles. The van der Waals surface area contributed by atoms with Crippen LogP contribution < -0.4 is 19.9 Å². The smallest absolute Gasteiger partial charge is 0.330 e. The summed E-state index contributed by atoms with van der Waals surface area (Å²) in [5, 5.41) is 0. The Morgan fingerprint density at radius 1 is 1.21 bits per heavy atom. The predicted molar refractivity (Wildman–Crippen MR) is 121 cm³/mol. The lowest BCUT2D eigenvalue weighted by molar-refractivity contribution is -0.135. The number of hydrogen-bond acceptors (Lipinski definition) is 9.